The SMILES string of the molecule is CC(C)[C@]1(O[Si](C)(C)C(C)(C)C)[C@H](C(=O)O[C@@H]2C[C@H](C)CC[C@H]2C(C)(C)c2ccccc2)CC1(C)C. The number of esters is 1. The zero-order valence-electron chi connectivity index (χ0n) is 25.3. The van der Waals surface area contributed by atoms with Crippen LogP contribution in [-0.4, -0.2) is 26.0 Å². The van der Waals surface area contributed by atoms with Crippen molar-refractivity contribution in [3.63, 3.8) is 0 Å². The highest BCUT2D eigenvalue weighted by Gasteiger charge is 2.68. The van der Waals surface area contributed by atoms with E-state index in [1.807, 2.05) is 0 Å². The summed E-state index contributed by atoms with van der Waals surface area (Å²) in [5.41, 5.74) is 0.715. The monoisotopic (exact) mass is 514 g/mol. The van der Waals surface area contributed by atoms with Crippen LogP contribution in [0, 0.1) is 29.1 Å². The number of carbonyl (C=O) groups is 1. The molecule has 1 aromatic rings. The van der Waals surface area contributed by atoms with Gasteiger partial charge in [0.25, 0.3) is 0 Å². The van der Waals surface area contributed by atoms with Gasteiger partial charge in [0.2, 0.25) is 0 Å². The van der Waals surface area contributed by atoms with Crippen molar-refractivity contribution in [2.75, 3.05) is 0 Å². The Morgan fingerprint density at radius 3 is 2.11 bits per heavy atom. The molecule has 36 heavy (non-hydrogen) atoms. The van der Waals surface area contributed by atoms with Gasteiger partial charge < -0.3 is 9.16 Å². The Kier molecular flexibility index (Phi) is 8.07. The molecule has 3 nitrogen and oxygen atoms in total. The Morgan fingerprint density at radius 2 is 1.61 bits per heavy atom. The molecule has 0 saturated heterocycles. The zero-order chi connectivity index (χ0) is 27.3. The summed E-state index contributed by atoms with van der Waals surface area (Å²) >= 11 is 0. The van der Waals surface area contributed by atoms with Crippen LogP contribution < -0.4 is 0 Å². The van der Waals surface area contributed by atoms with E-state index in [1.54, 1.807) is 0 Å². The quantitative estimate of drug-likeness (QED) is 0.269. The van der Waals surface area contributed by atoms with Crippen LogP contribution in [0.1, 0.15) is 100 Å². The standard InChI is InChI=1S/C32H54O3Si/c1-22(2)32(35-36(11,12)29(4,5)6)26(21-30(32,7)8)28(33)34-27-20-23(3)18-19-25(27)31(9,10)24-16-14-13-15-17-24/h13-17,22-23,25-27H,18-21H2,1-12H3/t23-,25-,26+,27-,32+/m1/s1. The molecule has 204 valence electrons. The summed E-state index contributed by atoms with van der Waals surface area (Å²) in [6, 6.07) is 10.8. The highest BCUT2D eigenvalue weighted by molar-refractivity contribution is 6.74. The van der Waals surface area contributed by atoms with Gasteiger partial charge in [-0.05, 0) is 65.6 Å². The third-order valence-electron chi connectivity index (χ3n) is 10.4. The fourth-order valence-electron chi connectivity index (χ4n) is 7.10. The molecular formula is C32H54O3Si. The van der Waals surface area contributed by atoms with E-state index in [0.717, 1.165) is 19.3 Å². The maximum absolute atomic E-state index is 14.1. The first-order valence-corrected chi connectivity index (χ1v) is 17.2. The lowest BCUT2D eigenvalue weighted by Crippen LogP contribution is -2.72. The highest BCUT2D eigenvalue weighted by atomic mass is 28.4. The van der Waals surface area contributed by atoms with Crippen molar-refractivity contribution in [2.24, 2.45) is 29.1 Å². The molecule has 1 aromatic carbocycles. The van der Waals surface area contributed by atoms with E-state index in [0.29, 0.717) is 11.8 Å². The largest absolute Gasteiger partial charge is 0.462 e. The van der Waals surface area contributed by atoms with Gasteiger partial charge in [-0.25, -0.2) is 0 Å². The fourth-order valence-corrected chi connectivity index (χ4v) is 8.91. The summed E-state index contributed by atoms with van der Waals surface area (Å²) in [4.78, 5) is 14.1. The van der Waals surface area contributed by atoms with E-state index >= 15 is 0 Å². The van der Waals surface area contributed by atoms with Crippen molar-refractivity contribution >= 4 is 14.3 Å². The van der Waals surface area contributed by atoms with E-state index in [4.69, 9.17) is 9.16 Å². The zero-order valence-corrected chi connectivity index (χ0v) is 26.3. The molecule has 0 bridgehead atoms. The number of ether oxygens (including phenoxy) is 1. The van der Waals surface area contributed by atoms with Crippen LogP contribution >= 0.6 is 0 Å². The van der Waals surface area contributed by atoms with Crippen molar-refractivity contribution in [2.45, 2.75) is 130 Å². The van der Waals surface area contributed by atoms with Gasteiger partial charge >= 0.3 is 5.97 Å². The topological polar surface area (TPSA) is 35.5 Å². The average molecular weight is 515 g/mol. The molecule has 0 radical (unpaired) electrons. The molecule has 4 heteroatoms. The first kappa shape index (κ1) is 29.4. The number of benzene rings is 1. The lowest BCUT2D eigenvalue weighted by Gasteiger charge is -2.65. The highest BCUT2D eigenvalue weighted by Crippen LogP contribution is 2.62. The fraction of sp³-hybridized carbons (Fsp3) is 0.781. The molecule has 0 N–H and O–H groups in total. The molecule has 0 amide bonds. The number of rotatable bonds is 7. The van der Waals surface area contributed by atoms with Crippen LogP contribution in [0.25, 0.3) is 0 Å². The summed E-state index contributed by atoms with van der Waals surface area (Å²) < 4.78 is 13.8. The third-order valence-corrected chi connectivity index (χ3v) is 14.9. The molecule has 3 rings (SSSR count). The van der Waals surface area contributed by atoms with Crippen LogP contribution in [-0.2, 0) is 19.4 Å². The van der Waals surface area contributed by atoms with E-state index in [9.17, 15) is 4.79 Å². The number of carbonyl (C=O) groups excluding carboxylic acids is 1. The number of hydrogen-bond donors (Lipinski definition) is 0. The molecule has 0 spiro atoms. The lowest BCUT2D eigenvalue weighted by atomic mass is 9.48. The molecule has 0 unspecified atom stereocenters. The first-order chi connectivity index (χ1) is 16.4. The van der Waals surface area contributed by atoms with Crippen molar-refractivity contribution < 1.29 is 14.0 Å². The summed E-state index contributed by atoms with van der Waals surface area (Å²) in [6.45, 7) is 27.5. The average Bonchev–Trinajstić information content (AvgIpc) is 2.75. The third kappa shape index (κ3) is 5.10. The van der Waals surface area contributed by atoms with Crippen molar-refractivity contribution in [3.8, 4) is 0 Å². The summed E-state index contributed by atoms with van der Waals surface area (Å²) in [5, 5.41) is 0.0820. The van der Waals surface area contributed by atoms with E-state index < -0.39 is 13.9 Å². The molecule has 0 aromatic heterocycles. The normalized spacial score (nSPS) is 31.1. The van der Waals surface area contributed by atoms with E-state index in [-0.39, 0.29) is 39.8 Å². The molecule has 2 saturated carbocycles. The minimum Gasteiger partial charge on any atom is -0.462 e. The first-order valence-electron chi connectivity index (χ1n) is 14.3. The second-order valence-corrected chi connectivity index (χ2v) is 19.8. The minimum absolute atomic E-state index is 0.0327. The smallest absolute Gasteiger partial charge is 0.312 e. The number of hydrogen-bond acceptors (Lipinski definition) is 3. The van der Waals surface area contributed by atoms with Gasteiger partial charge in [0.1, 0.15) is 6.10 Å². The van der Waals surface area contributed by atoms with Crippen LogP contribution in [0.5, 0.6) is 0 Å². The molecular weight excluding hydrogens is 460 g/mol. The van der Waals surface area contributed by atoms with Gasteiger partial charge in [-0.15, -0.1) is 0 Å². The van der Waals surface area contributed by atoms with Crippen LogP contribution in [0.4, 0.5) is 0 Å². The van der Waals surface area contributed by atoms with E-state index in [1.165, 1.54) is 12.0 Å². The van der Waals surface area contributed by atoms with Crippen LogP contribution in [0.15, 0.2) is 30.3 Å². The Hall–Kier alpha value is -1.13. The van der Waals surface area contributed by atoms with E-state index in [2.05, 4.69) is 113 Å². The van der Waals surface area contributed by atoms with Crippen molar-refractivity contribution in [3.05, 3.63) is 35.9 Å². The maximum Gasteiger partial charge on any atom is 0.312 e. The molecule has 2 fully saturated rings. The molecule has 0 aliphatic heterocycles. The van der Waals surface area contributed by atoms with Gasteiger partial charge in [-0.3, -0.25) is 4.79 Å². The Bertz CT molecular complexity index is 911. The van der Waals surface area contributed by atoms with Crippen LogP contribution in [0.2, 0.25) is 18.1 Å². The predicted octanol–water partition coefficient (Wildman–Crippen LogP) is 8.77. The molecule has 2 aliphatic rings. The second kappa shape index (κ2) is 9.87. The van der Waals surface area contributed by atoms with Gasteiger partial charge in [-0.2, -0.15) is 0 Å². The Balaban J connectivity index is 1.91. The minimum atomic E-state index is -2.11. The Labute approximate surface area is 223 Å². The van der Waals surface area contributed by atoms with Gasteiger partial charge in [0, 0.05) is 5.92 Å². The van der Waals surface area contributed by atoms with Gasteiger partial charge in [0.15, 0.2) is 8.32 Å². The molecule has 0 heterocycles. The predicted molar refractivity (Wildman–Crippen MR) is 154 cm³/mol. The van der Waals surface area contributed by atoms with Crippen molar-refractivity contribution in [1.82, 2.24) is 0 Å². The maximum atomic E-state index is 14.1. The molecule has 5 atom stereocenters. The molecule has 2 aliphatic carbocycles. The Morgan fingerprint density at radius 1 is 1.03 bits per heavy atom. The van der Waals surface area contributed by atoms with Gasteiger partial charge in [0.05, 0.1) is 11.5 Å². The van der Waals surface area contributed by atoms with Crippen LogP contribution in [0.3, 0.4) is 0 Å². The summed E-state index contributed by atoms with van der Waals surface area (Å²) in [7, 11) is -2.11. The lowest BCUT2D eigenvalue weighted by molar-refractivity contribution is -0.233. The second-order valence-electron chi connectivity index (χ2n) is 15.0. The summed E-state index contributed by atoms with van der Waals surface area (Å²) in [6.07, 6.45) is 4.00. The summed E-state index contributed by atoms with van der Waals surface area (Å²) in [5.74, 6) is 0.869. The van der Waals surface area contributed by atoms with Gasteiger partial charge in [-0.1, -0.05) is 106 Å². The van der Waals surface area contributed by atoms with Crippen molar-refractivity contribution in [1.29, 1.82) is 0 Å².